The van der Waals surface area contributed by atoms with Crippen LogP contribution < -0.4 is 0 Å². The van der Waals surface area contributed by atoms with Gasteiger partial charge in [0.25, 0.3) is 0 Å². The zero-order chi connectivity index (χ0) is 14.8. The molecule has 5 heteroatoms. The maximum Gasteiger partial charge on any atom is 0.249 e. The van der Waals surface area contributed by atoms with Crippen LogP contribution in [0.25, 0.3) is 11.0 Å². The number of hydrogen-bond acceptors (Lipinski definition) is 4. The summed E-state index contributed by atoms with van der Waals surface area (Å²) in [5.74, 6) is 0.607. The van der Waals surface area contributed by atoms with Crippen LogP contribution >= 0.6 is 0 Å². The van der Waals surface area contributed by atoms with E-state index in [4.69, 9.17) is 0 Å². The van der Waals surface area contributed by atoms with E-state index in [0.717, 1.165) is 22.3 Å². The summed E-state index contributed by atoms with van der Waals surface area (Å²) >= 11 is 0. The van der Waals surface area contributed by atoms with Crippen molar-refractivity contribution in [2.45, 2.75) is 19.9 Å². The molecule has 2 heterocycles. The quantitative estimate of drug-likeness (QED) is 0.677. The second kappa shape index (κ2) is 5.44. The summed E-state index contributed by atoms with van der Waals surface area (Å²) in [6.45, 7) is 3.99. The Hall–Kier alpha value is -2.56. The highest BCUT2D eigenvalue weighted by Crippen LogP contribution is 2.22. The number of azo groups is 1. The maximum atomic E-state index is 4.47. The van der Waals surface area contributed by atoms with Crippen LogP contribution in [0.15, 0.2) is 52.8 Å². The highest BCUT2D eigenvalue weighted by Gasteiger charge is 2.08. The summed E-state index contributed by atoms with van der Waals surface area (Å²) in [4.78, 5) is 8.85. The Balaban J connectivity index is 1.87. The molecule has 0 N–H and O–H groups in total. The number of para-hydroxylation sites is 2. The fourth-order valence-corrected chi connectivity index (χ4v) is 2.15. The van der Waals surface area contributed by atoms with E-state index in [1.807, 2.05) is 68.1 Å². The highest BCUT2D eigenvalue weighted by atomic mass is 15.3. The molecule has 5 nitrogen and oxygen atoms in total. The van der Waals surface area contributed by atoms with Crippen molar-refractivity contribution in [1.29, 1.82) is 0 Å². The van der Waals surface area contributed by atoms with Crippen molar-refractivity contribution >= 4 is 17.0 Å². The number of nitrogens with zero attached hydrogens (tertiary/aromatic N) is 5. The van der Waals surface area contributed by atoms with Gasteiger partial charge in [0, 0.05) is 13.2 Å². The van der Waals surface area contributed by atoms with Crippen molar-refractivity contribution in [3.63, 3.8) is 0 Å². The van der Waals surface area contributed by atoms with E-state index in [1.165, 1.54) is 0 Å². The lowest BCUT2D eigenvalue weighted by atomic mass is 10.2. The van der Waals surface area contributed by atoms with Crippen LogP contribution in [0, 0.1) is 6.92 Å². The normalized spacial score (nSPS) is 13.1. The summed E-state index contributed by atoms with van der Waals surface area (Å²) in [5.41, 5.74) is 4.02. The fraction of sp³-hybridized carbons (Fsp3) is 0.250. The van der Waals surface area contributed by atoms with Gasteiger partial charge >= 0.3 is 0 Å². The molecule has 0 amide bonds. The second-order valence-electron chi connectivity index (χ2n) is 5.11. The van der Waals surface area contributed by atoms with Gasteiger partial charge in [0.2, 0.25) is 5.95 Å². The van der Waals surface area contributed by atoms with Crippen LogP contribution in [-0.2, 0) is 7.05 Å². The molecule has 0 aliphatic carbocycles. The first kappa shape index (κ1) is 13.4. The van der Waals surface area contributed by atoms with E-state index < -0.39 is 0 Å². The van der Waals surface area contributed by atoms with Gasteiger partial charge in [-0.25, -0.2) is 4.98 Å². The van der Waals surface area contributed by atoms with Crippen LogP contribution in [0.1, 0.15) is 24.2 Å². The third-order valence-corrected chi connectivity index (χ3v) is 3.45. The molecule has 21 heavy (non-hydrogen) atoms. The van der Waals surface area contributed by atoms with Crippen LogP contribution in [0.3, 0.4) is 0 Å². The monoisotopic (exact) mass is 279 g/mol. The smallest absolute Gasteiger partial charge is 0.249 e. The molecular weight excluding hydrogens is 262 g/mol. The van der Waals surface area contributed by atoms with Crippen LogP contribution in [0.5, 0.6) is 0 Å². The number of imidazole rings is 1. The van der Waals surface area contributed by atoms with E-state index >= 15 is 0 Å². The van der Waals surface area contributed by atoms with Crippen molar-refractivity contribution < 1.29 is 0 Å². The lowest BCUT2D eigenvalue weighted by Gasteiger charge is -2.04. The van der Waals surface area contributed by atoms with Gasteiger partial charge in [0.05, 0.1) is 16.7 Å². The Kier molecular flexibility index (Phi) is 3.48. The van der Waals surface area contributed by atoms with Crippen LogP contribution in [0.4, 0.5) is 5.95 Å². The predicted molar refractivity (Wildman–Crippen MR) is 82.6 cm³/mol. The lowest BCUT2D eigenvalue weighted by molar-refractivity contribution is 0.723. The van der Waals surface area contributed by atoms with Gasteiger partial charge in [0.15, 0.2) is 0 Å². The molecule has 1 unspecified atom stereocenters. The average Bonchev–Trinajstić information content (AvgIpc) is 2.82. The molecule has 1 atom stereocenters. The number of benzene rings is 1. The fourth-order valence-electron chi connectivity index (χ4n) is 2.15. The molecule has 0 aliphatic heterocycles. The molecule has 0 bridgehead atoms. The van der Waals surface area contributed by atoms with Gasteiger partial charge in [-0.2, -0.15) is 5.11 Å². The van der Waals surface area contributed by atoms with Crippen molar-refractivity contribution in [3.05, 3.63) is 53.9 Å². The van der Waals surface area contributed by atoms with Gasteiger partial charge in [-0.15, -0.1) is 5.11 Å². The Morgan fingerprint density at radius 1 is 1.14 bits per heavy atom. The molecule has 3 aromatic rings. The molecule has 0 aliphatic rings. The summed E-state index contributed by atoms with van der Waals surface area (Å²) in [5, 5.41) is 8.61. The number of aromatic nitrogens is 3. The molecule has 2 aromatic heterocycles. The standard InChI is InChI=1S/C16H17N5/c1-11-8-9-13(17-10-11)12(2)19-20-16-18-14-6-4-5-7-15(14)21(16)3/h4-10,12H,1-3H3. The zero-order valence-corrected chi connectivity index (χ0v) is 12.4. The molecule has 3 rings (SSSR count). The van der Waals surface area contributed by atoms with E-state index in [9.17, 15) is 0 Å². The molecule has 0 saturated carbocycles. The third kappa shape index (κ3) is 2.67. The maximum absolute atomic E-state index is 4.47. The Bertz CT molecular complexity index is 786. The zero-order valence-electron chi connectivity index (χ0n) is 12.4. The highest BCUT2D eigenvalue weighted by molar-refractivity contribution is 5.77. The number of pyridine rings is 1. The minimum Gasteiger partial charge on any atom is -0.310 e. The van der Waals surface area contributed by atoms with E-state index in [2.05, 4.69) is 20.2 Å². The second-order valence-corrected chi connectivity index (χ2v) is 5.11. The largest absolute Gasteiger partial charge is 0.310 e. The minimum atomic E-state index is -0.0922. The number of hydrogen-bond donors (Lipinski definition) is 0. The molecule has 1 aromatic carbocycles. The van der Waals surface area contributed by atoms with Gasteiger partial charge < -0.3 is 4.57 Å². The van der Waals surface area contributed by atoms with Crippen LogP contribution in [0.2, 0.25) is 0 Å². The first-order valence-corrected chi connectivity index (χ1v) is 6.90. The predicted octanol–water partition coefficient (Wildman–Crippen LogP) is 4.12. The topological polar surface area (TPSA) is 55.4 Å². The van der Waals surface area contributed by atoms with Crippen molar-refractivity contribution in [3.8, 4) is 0 Å². The van der Waals surface area contributed by atoms with E-state index in [0.29, 0.717) is 5.95 Å². The molecule has 0 radical (unpaired) electrons. The first-order chi connectivity index (χ1) is 10.1. The third-order valence-electron chi connectivity index (χ3n) is 3.45. The van der Waals surface area contributed by atoms with Crippen LogP contribution in [-0.4, -0.2) is 14.5 Å². The van der Waals surface area contributed by atoms with E-state index in [1.54, 1.807) is 0 Å². The molecular formula is C16H17N5. The van der Waals surface area contributed by atoms with Gasteiger partial charge in [0.1, 0.15) is 6.04 Å². The lowest BCUT2D eigenvalue weighted by Crippen LogP contribution is -1.93. The van der Waals surface area contributed by atoms with Gasteiger partial charge in [-0.05, 0) is 37.6 Å². The SMILES string of the molecule is Cc1ccc(C(C)N=Nc2nc3ccccc3n2C)nc1. The van der Waals surface area contributed by atoms with Crippen molar-refractivity contribution in [1.82, 2.24) is 14.5 Å². The molecule has 0 fully saturated rings. The first-order valence-electron chi connectivity index (χ1n) is 6.90. The Morgan fingerprint density at radius 3 is 2.67 bits per heavy atom. The molecule has 0 spiro atoms. The average molecular weight is 279 g/mol. The van der Waals surface area contributed by atoms with Gasteiger partial charge in [-0.1, -0.05) is 18.2 Å². The number of fused-ring (bicyclic) bond motifs is 1. The molecule has 0 saturated heterocycles. The number of rotatable bonds is 3. The summed E-state index contributed by atoms with van der Waals surface area (Å²) in [6.07, 6.45) is 1.84. The van der Waals surface area contributed by atoms with E-state index in [-0.39, 0.29) is 6.04 Å². The molecule has 106 valence electrons. The van der Waals surface area contributed by atoms with Gasteiger partial charge in [-0.3, -0.25) is 4.98 Å². The Morgan fingerprint density at radius 2 is 1.95 bits per heavy atom. The number of aryl methyl sites for hydroxylation is 2. The minimum absolute atomic E-state index is 0.0922. The summed E-state index contributed by atoms with van der Waals surface area (Å²) in [7, 11) is 1.94. The summed E-state index contributed by atoms with van der Waals surface area (Å²) in [6, 6.07) is 11.9. The summed E-state index contributed by atoms with van der Waals surface area (Å²) < 4.78 is 1.94. The Labute approximate surface area is 123 Å². The van der Waals surface area contributed by atoms with Crippen molar-refractivity contribution in [2.75, 3.05) is 0 Å². The van der Waals surface area contributed by atoms with Crippen molar-refractivity contribution in [2.24, 2.45) is 17.3 Å².